The molecular weight excluding hydrogens is 406 g/mol. The molecule has 0 saturated carbocycles. The Morgan fingerprint density at radius 3 is 1.27 bits per heavy atom. The summed E-state index contributed by atoms with van der Waals surface area (Å²) in [5.41, 5.74) is 15.1. The van der Waals surface area contributed by atoms with Gasteiger partial charge in [0.05, 0.1) is 9.79 Å². The molecule has 0 aromatic heterocycles. The molecule has 2 aromatic rings. The third-order valence-electron chi connectivity index (χ3n) is 3.62. The number of amides is 2. The minimum Gasteiger partial charge on any atom is -0.373 e. The van der Waals surface area contributed by atoms with E-state index in [-0.39, 0.29) is 21.6 Å². The highest BCUT2D eigenvalue weighted by atomic mass is 32.2. The van der Waals surface area contributed by atoms with Crippen LogP contribution in [0.2, 0.25) is 0 Å². The summed E-state index contributed by atoms with van der Waals surface area (Å²) in [5, 5.41) is 5.23. The van der Waals surface area contributed by atoms with Crippen molar-refractivity contribution >= 4 is 33.0 Å². The molecule has 0 aliphatic rings. The summed E-state index contributed by atoms with van der Waals surface area (Å²) in [7, 11) is -3.72. The molecular formula is C20H20N5O4S-. The molecule has 30 heavy (non-hydrogen) atoms. The Kier molecular flexibility index (Phi) is 8.54. The molecule has 0 heterocycles. The van der Waals surface area contributed by atoms with Crippen LogP contribution in [-0.4, -0.2) is 20.2 Å². The highest BCUT2D eigenvalue weighted by Crippen LogP contribution is 2.24. The topological polar surface area (TPSA) is 151 Å². The van der Waals surface area contributed by atoms with Gasteiger partial charge in [0.1, 0.15) is 0 Å². The lowest BCUT2D eigenvalue weighted by Gasteiger charge is -2.09. The maximum Gasteiger partial charge on any atom is 0.250 e. The van der Waals surface area contributed by atoms with Crippen molar-refractivity contribution in [1.29, 1.82) is 0 Å². The van der Waals surface area contributed by atoms with Gasteiger partial charge in [-0.3, -0.25) is 14.5 Å². The Hall–Kier alpha value is -3.88. The molecule has 9 nitrogen and oxygen atoms in total. The van der Waals surface area contributed by atoms with E-state index in [1.807, 2.05) is 0 Å². The lowest BCUT2D eigenvalue weighted by atomic mass is 10.3. The van der Waals surface area contributed by atoms with Crippen LogP contribution in [0.5, 0.6) is 0 Å². The number of sulfone groups is 1. The van der Waals surface area contributed by atoms with Crippen LogP contribution in [0.25, 0.3) is 16.0 Å². The van der Waals surface area contributed by atoms with Gasteiger partial charge in [-0.05, 0) is 62.4 Å². The Morgan fingerprint density at radius 2 is 1.03 bits per heavy atom. The summed E-state index contributed by atoms with van der Waals surface area (Å²) in [6.45, 7) is 10.2. The third-order valence-corrected chi connectivity index (χ3v) is 5.41. The molecule has 0 aliphatic heterocycles. The standard InChI is InChI=1S/C20H20N2O4S.N3/c1-13(2)19(23)21-15-5-9-17(10-6-15)27(25,26)18-11-7-16(8-12-18)22-20(24)14(3)4;1-3-2/h5-12H,1,3H2,2,4H3,(H,21,23)(H,22,24);/q;-1. The predicted octanol–water partition coefficient (Wildman–Crippen LogP) is 4.41. The van der Waals surface area contributed by atoms with Crippen molar-refractivity contribution in [1.82, 2.24) is 0 Å². The van der Waals surface area contributed by atoms with Gasteiger partial charge in [0.25, 0.3) is 11.8 Å². The first kappa shape index (κ1) is 24.2. The highest BCUT2D eigenvalue weighted by Gasteiger charge is 2.18. The fourth-order valence-electron chi connectivity index (χ4n) is 2.05. The van der Waals surface area contributed by atoms with Crippen LogP contribution < -0.4 is 10.6 Å². The third kappa shape index (κ3) is 6.62. The van der Waals surface area contributed by atoms with Gasteiger partial charge in [-0.15, -0.1) is 0 Å². The van der Waals surface area contributed by atoms with Gasteiger partial charge in [0, 0.05) is 22.5 Å². The van der Waals surface area contributed by atoms with E-state index in [4.69, 9.17) is 11.1 Å². The van der Waals surface area contributed by atoms with Crippen LogP contribution >= 0.6 is 0 Å². The molecule has 0 atom stereocenters. The van der Waals surface area contributed by atoms with Crippen molar-refractivity contribution in [2.75, 3.05) is 10.6 Å². The van der Waals surface area contributed by atoms with E-state index in [9.17, 15) is 18.0 Å². The second kappa shape index (κ2) is 10.6. The summed E-state index contributed by atoms with van der Waals surface area (Å²) in [4.78, 5) is 24.9. The summed E-state index contributed by atoms with van der Waals surface area (Å²) < 4.78 is 25.4. The van der Waals surface area contributed by atoms with Gasteiger partial charge in [-0.1, -0.05) is 13.2 Å². The van der Waals surface area contributed by atoms with Gasteiger partial charge >= 0.3 is 0 Å². The average molecular weight is 426 g/mol. The fraction of sp³-hybridized carbons (Fsp3) is 0.100. The SMILES string of the molecule is C=C(C)C(=O)Nc1ccc(S(=O)(=O)c2ccc(NC(=O)C(=C)C)cc2)cc1.[N-]=[N+]=[N-]. The van der Waals surface area contributed by atoms with Crippen LogP contribution in [0, 0.1) is 0 Å². The molecule has 10 heteroatoms. The van der Waals surface area contributed by atoms with Crippen LogP contribution in [0.1, 0.15) is 13.8 Å². The van der Waals surface area contributed by atoms with Crippen molar-refractivity contribution in [2.45, 2.75) is 23.6 Å². The number of anilines is 2. The summed E-state index contributed by atoms with van der Waals surface area (Å²) in [6, 6.07) is 11.7. The minimum absolute atomic E-state index is 0.0922. The summed E-state index contributed by atoms with van der Waals surface area (Å²) in [5.74, 6) is -0.670. The van der Waals surface area contributed by atoms with E-state index in [1.54, 1.807) is 13.8 Å². The molecule has 2 aromatic carbocycles. The van der Waals surface area contributed by atoms with E-state index in [1.165, 1.54) is 53.4 Å². The normalized spacial score (nSPS) is 9.93. The number of rotatable bonds is 6. The van der Waals surface area contributed by atoms with E-state index in [2.05, 4.69) is 23.8 Å². The quantitative estimate of drug-likeness (QED) is 0.304. The number of nitrogens with zero attached hydrogens (tertiary/aromatic N) is 3. The van der Waals surface area contributed by atoms with Crippen LogP contribution in [-0.2, 0) is 19.4 Å². The molecule has 2 rings (SSSR count). The van der Waals surface area contributed by atoms with E-state index >= 15 is 0 Å². The molecule has 2 amide bonds. The van der Waals surface area contributed by atoms with Gasteiger partial charge in [0.15, 0.2) is 0 Å². The second-order valence-electron chi connectivity index (χ2n) is 6.11. The lowest BCUT2D eigenvalue weighted by Crippen LogP contribution is -2.12. The molecule has 0 aliphatic carbocycles. The molecule has 0 saturated heterocycles. The molecule has 156 valence electrons. The van der Waals surface area contributed by atoms with E-state index < -0.39 is 9.84 Å². The number of hydrogen-bond donors (Lipinski definition) is 2. The zero-order valence-electron chi connectivity index (χ0n) is 16.4. The van der Waals surface area contributed by atoms with E-state index in [0.717, 1.165) is 0 Å². The Labute approximate surface area is 174 Å². The zero-order valence-corrected chi connectivity index (χ0v) is 17.2. The summed E-state index contributed by atoms with van der Waals surface area (Å²) in [6.07, 6.45) is 0. The number of nitrogens with one attached hydrogen (secondary N) is 2. The Balaban J connectivity index is 0.00000141. The monoisotopic (exact) mass is 426 g/mol. The maximum atomic E-state index is 12.7. The molecule has 0 spiro atoms. The van der Waals surface area contributed by atoms with Gasteiger partial charge in [-0.2, -0.15) is 0 Å². The van der Waals surface area contributed by atoms with Crippen molar-refractivity contribution in [3.63, 3.8) is 0 Å². The van der Waals surface area contributed by atoms with Crippen molar-refractivity contribution < 1.29 is 18.0 Å². The van der Waals surface area contributed by atoms with Crippen molar-refractivity contribution in [3.8, 4) is 0 Å². The first-order valence-electron chi connectivity index (χ1n) is 8.40. The van der Waals surface area contributed by atoms with Crippen LogP contribution in [0.4, 0.5) is 11.4 Å². The maximum absolute atomic E-state index is 12.7. The number of carbonyl (C=O) groups excluding carboxylic acids is 2. The first-order valence-corrected chi connectivity index (χ1v) is 9.88. The smallest absolute Gasteiger partial charge is 0.250 e. The Morgan fingerprint density at radius 1 is 0.767 bits per heavy atom. The van der Waals surface area contributed by atoms with Gasteiger partial charge < -0.3 is 21.7 Å². The fourth-order valence-corrected chi connectivity index (χ4v) is 3.31. The minimum atomic E-state index is -3.72. The summed E-state index contributed by atoms with van der Waals surface area (Å²) >= 11 is 0. The molecule has 0 fully saturated rings. The predicted molar refractivity (Wildman–Crippen MR) is 115 cm³/mol. The first-order chi connectivity index (χ1) is 14.0. The van der Waals surface area contributed by atoms with Crippen molar-refractivity contribution in [2.24, 2.45) is 0 Å². The number of carbonyl (C=O) groups is 2. The Bertz CT molecular complexity index is 1020. The number of benzene rings is 2. The highest BCUT2D eigenvalue weighted by molar-refractivity contribution is 7.91. The van der Waals surface area contributed by atoms with Crippen LogP contribution in [0.3, 0.4) is 0 Å². The second-order valence-corrected chi connectivity index (χ2v) is 8.06. The zero-order chi connectivity index (χ0) is 22.9. The average Bonchev–Trinajstić information content (AvgIpc) is 2.69. The molecule has 0 unspecified atom stereocenters. The van der Waals surface area contributed by atoms with Gasteiger partial charge in [-0.25, -0.2) is 8.42 Å². The van der Waals surface area contributed by atoms with Crippen LogP contribution in [0.15, 0.2) is 82.6 Å². The molecule has 0 bridgehead atoms. The number of hydrogen-bond acceptors (Lipinski definition) is 4. The largest absolute Gasteiger partial charge is 0.373 e. The molecule has 0 radical (unpaired) electrons. The van der Waals surface area contributed by atoms with Gasteiger partial charge in [0.2, 0.25) is 9.84 Å². The van der Waals surface area contributed by atoms with E-state index in [0.29, 0.717) is 22.5 Å². The lowest BCUT2D eigenvalue weighted by molar-refractivity contribution is -0.113. The van der Waals surface area contributed by atoms with Crippen molar-refractivity contribution in [3.05, 3.63) is 88.8 Å². The molecule has 2 N–H and O–H groups in total.